The molecule has 0 atom stereocenters. The van der Waals surface area contributed by atoms with Crippen molar-refractivity contribution in [2.75, 3.05) is 0 Å². The zero-order valence-corrected chi connectivity index (χ0v) is 10.1. The summed E-state index contributed by atoms with van der Waals surface area (Å²) in [6, 6.07) is 13.1. The van der Waals surface area contributed by atoms with Crippen molar-refractivity contribution in [2.24, 2.45) is 0 Å². The van der Waals surface area contributed by atoms with Crippen LogP contribution in [0.4, 0.5) is 4.39 Å². The molecular formula is C15H12FNO2. The molecule has 0 aromatic heterocycles. The summed E-state index contributed by atoms with van der Waals surface area (Å²) >= 11 is 0. The number of para-hydroxylation sites is 1. The standard InChI is InChI=1S/C15H12FNO2/c16-14-6-5-11(8-17)7-13(14)10-19-15-4-2-1-3-12(15)9-18/h1-7,18H,9-10H2. The second-order valence-electron chi connectivity index (χ2n) is 3.97. The fourth-order valence-electron chi connectivity index (χ4n) is 1.69. The van der Waals surface area contributed by atoms with Crippen LogP contribution in [-0.4, -0.2) is 5.11 Å². The molecule has 2 aromatic carbocycles. The molecule has 4 heteroatoms. The van der Waals surface area contributed by atoms with E-state index in [9.17, 15) is 4.39 Å². The number of nitrogens with zero attached hydrogens (tertiary/aromatic N) is 1. The van der Waals surface area contributed by atoms with Gasteiger partial charge < -0.3 is 9.84 Å². The van der Waals surface area contributed by atoms with Gasteiger partial charge in [-0.25, -0.2) is 4.39 Å². The number of aliphatic hydroxyl groups excluding tert-OH is 1. The third-order valence-corrected chi connectivity index (χ3v) is 2.70. The predicted octanol–water partition coefficient (Wildman–Crippen LogP) is 2.77. The molecule has 0 unspecified atom stereocenters. The number of halogens is 1. The van der Waals surface area contributed by atoms with E-state index in [0.29, 0.717) is 22.4 Å². The molecule has 0 amide bonds. The average molecular weight is 257 g/mol. The van der Waals surface area contributed by atoms with Crippen LogP contribution in [-0.2, 0) is 13.2 Å². The molecule has 0 aliphatic rings. The minimum Gasteiger partial charge on any atom is -0.488 e. The maximum absolute atomic E-state index is 13.6. The van der Waals surface area contributed by atoms with Gasteiger partial charge in [-0.3, -0.25) is 0 Å². The number of nitriles is 1. The van der Waals surface area contributed by atoms with Crippen molar-refractivity contribution in [3.8, 4) is 11.8 Å². The number of benzene rings is 2. The van der Waals surface area contributed by atoms with Gasteiger partial charge in [0.15, 0.2) is 0 Å². The van der Waals surface area contributed by atoms with Crippen LogP contribution >= 0.6 is 0 Å². The Balaban J connectivity index is 2.17. The van der Waals surface area contributed by atoms with E-state index < -0.39 is 5.82 Å². The van der Waals surface area contributed by atoms with Crippen molar-refractivity contribution >= 4 is 0 Å². The second-order valence-corrected chi connectivity index (χ2v) is 3.97. The summed E-state index contributed by atoms with van der Waals surface area (Å²) in [5.41, 5.74) is 1.33. The van der Waals surface area contributed by atoms with Crippen molar-refractivity contribution in [3.05, 3.63) is 65.0 Å². The lowest BCUT2D eigenvalue weighted by molar-refractivity contribution is 0.257. The molecule has 0 spiro atoms. The highest BCUT2D eigenvalue weighted by Gasteiger charge is 2.06. The highest BCUT2D eigenvalue weighted by atomic mass is 19.1. The molecule has 2 aromatic rings. The molecule has 0 aliphatic carbocycles. The first-order chi connectivity index (χ1) is 9.24. The predicted molar refractivity (Wildman–Crippen MR) is 67.8 cm³/mol. The lowest BCUT2D eigenvalue weighted by atomic mass is 10.1. The van der Waals surface area contributed by atoms with Gasteiger partial charge in [0, 0.05) is 11.1 Å². The average Bonchev–Trinajstić information content (AvgIpc) is 2.46. The van der Waals surface area contributed by atoms with Crippen LogP contribution in [0, 0.1) is 17.1 Å². The highest BCUT2D eigenvalue weighted by Crippen LogP contribution is 2.20. The topological polar surface area (TPSA) is 53.2 Å². The molecule has 2 rings (SSSR count). The molecule has 0 aliphatic heterocycles. The lowest BCUT2D eigenvalue weighted by Gasteiger charge is -2.10. The molecule has 0 heterocycles. The van der Waals surface area contributed by atoms with Gasteiger partial charge in [-0.1, -0.05) is 18.2 Å². The summed E-state index contributed by atoms with van der Waals surface area (Å²) in [6.07, 6.45) is 0. The van der Waals surface area contributed by atoms with Crippen LogP contribution < -0.4 is 4.74 Å². The Labute approximate surface area is 110 Å². The Morgan fingerprint density at radius 1 is 1.16 bits per heavy atom. The highest BCUT2D eigenvalue weighted by molar-refractivity contribution is 5.35. The molecule has 1 N–H and O–H groups in total. The number of ether oxygens (including phenoxy) is 1. The van der Waals surface area contributed by atoms with Crippen LogP contribution in [0.25, 0.3) is 0 Å². The Kier molecular flexibility index (Phi) is 4.11. The Hall–Kier alpha value is -2.38. The van der Waals surface area contributed by atoms with E-state index in [1.54, 1.807) is 24.3 Å². The van der Waals surface area contributed by atoms with Gasteiger partial charge in [-0.15, -0.1) is 0 Å². The maximum atomic E-state index is 13.6. The minimum atomic E-state index is -0.416. The third kappa shape index (κ3) is 3.09. The molecule has 0 saturated heterocycles. The molecule has 0 bridgehead atoms. The second kappa shape index (κ2) is 5.98. The number of hydrogen-bond donors (Lipinski definition) is 1. The van der Waals surface area contributed by atoms with Gasteiger partial charge >= 0.3 is 0 Å². The smallest absolute Gasteiger partial charge is 0.129 e. The monoisotopic (exact) mass is 257 g/mol. The van der Waals surface area contributed by atoms with Crippen LogP contribution in [0.2, 0.25) is 0 Å². The van der Waals surface area contributed by atoms with E-state index >= 15 is 0 Å². The fourth-order valence-corrected chi connectivity index (χ4v) is 1.69. The SMILES string of the molecule is N#Cc1ccc(F)c(COc2ccccc2CO)c1. The molecule has 96 valence electrons. The third-order valence-electron chi connectivity index (χ3n) is 2.70. The largest absolute Gasteiger partial charge is 0.488 e. The van der Waals surface area contributed by atoms with Crippen molar-refractivity contribution in [1.29, 1.82) is 5.26 Å². The first kappa shape index (κ1) is 13.1. The van der Waals surface area contributed by atoms with Crippen molar-refractivity contribution in [2.45, 2.75) is 13.2 Å². The van der Waals surface area contributed by atoms with Crippen LogP contribution in [0.1, 0.15) is 16.7 Å². The molecule has 3 nitrogen and oxygen atoms in total. The summed E-state index contributed by atoms with van der Waals surface area (Å²) in [6.45, 7) is -0.130. The molecule has 0 radical (unpaired) electrons. The summed E-state index contributed by atoms with van der Waals surface area (Å²) in [5, 5.41) is 17.9. The lowest BCUT2D eigenvalue weighted by Crippen LogP contribution is -2.01. The van der Waals surface area contributed by atoms with Gasteiger partial charge in [0.25, 0.3) is 0 Å². The van der Waals surface area contributed by atoms with E-state index in [1.165, 1.54) is 18.2 Å². The number of hydrogen-bond acceptors (Lipinski definition) is 3. The zero-order chi connectivity index (χ0) is 13.7. The Morgan fingerprint density at radius 3 is 2.68 bits per heavy atom. The van der Waals surface area contributed by atoms with Gasteiger partial charge in [0.2, 0.25) is 0 Å². The van der Waals surface area contributed by atoms with Gasteiger partial charge in [0.05, 0.1) is 18.2 Å². The zero-order valence-electron chi connectivity index (χ0n) is 10.1. The summed E-state index contributed by atoms with van der Waals surface area (Å²) in [5.74, 6) is 0.0900. The fraction of sp³-hybridized carbons (Fsp3) is 0.133. The van der Waals surface area contributed by atoms with E-state index in [2.05, 4.69) is 0 Å². The van der Waals surface area contributed by atoms with E-state index in [4.69, 9.17) is 15.1 Å². The van der Waals surface area contributed by atoms with Crippen molar-refractivity contribution < 1.29 is 14.2 Å². The van der Waals surface area contributed by atoms with Crippen molar-refractivity contribution in [1.82, 2.24) is 0 Å². The normalized spacial score (nSPS) is 9.95. The van der Waals surface area contributed by atoms with Crippen LogP contribution in [0.3, 0.4) is 0 Å². The summed E-state index contributed by atoms with van der Waals surface area (Å²) < 4.78 is 19.0. The first-order valence-electron chi connectivity index (χ1n) is 5.74. The van der Waals surface area contributed by atoms with Gasteiger partial charge in [-0.2, -0.15) is 5.26 Å². The Morgan fingerprint density at radius 2 is 1.95 bits per heavy atom. The maximum Gasteiger partial charge on any atom is 0.129 e. The van der Waals surface area contributed by atoms with Crippen LogP contribution in [0.15, 0.2) is 42.5 Å². The number of aliphatic hydroxyl groups is 1. The molecule has 0 saturated carbocycles. The Bertz CT molecular complexity index is 620. The van der Waals surface area contributed by atoms with Crippen LogP contribution in [0.5, 0.6) is 5.75 Å². The van der Waals surface area contributed by atoms with E-state index in [-0.39, 0.29) is 13.2 Å². The first-order valence-corrected chi connectivity index (χ1v) is 5.74. The van der Waals surface area contributed by atoms with Gasteiger partial charge in [-0.05, 0) is 24.3 Å². The van der Waals surface area contributed by atoms with E-state index in [1.807, 2.05) is 6.07 Å². The van der Waals surface area contributed by atoms with Crippen molar-refractivity contribution in [3.63, 3.8) is 0 Å². The van der Waals surface area contributed by atoms with E-state index in [0.717, 1.165) is 0 Å². The molecule has 0 fully saturated rings. The molecular weight excluding hydrogens is 245 g/mol. The number of rotatable bonds is 4. The van der Waals surface area contributed by atoms with Gasteiger partial charge in [0.1, 0.15) is 18.2 Å². The quantitative estimate of drug-likeness (QED) is 0.916. The summed E-state index contributed by atoms with van der Waals surface area (Å²) in [7, 11) is 0. The minimum absolute atomic E-state index is 0.0123. The molecule has 19 heavy (non-hydrogen) atoms. The summed E-state index contributed by atoms with van der Waals surface area (Å²) in [4.78, 5) is 0.